The van der Waals surface area contributed by atoms with E-state index in [1.54, 1.807) is 18.3 Å². The molecule has 0 spiro atoms. The Hall–Kier alpha value is -3.48. The van der Waals surface area contributed by atoms with Crippen LogP contribution in [0.4, 0.5) is 11.4 Å². The van der Waals surface area contributed by atoms with Gasteiger partial charge in [0, 0.05) is 35.5 Å². The number of hydrogen-bond donors (Lipinski definition) is 0. The highest BCUT2D eigenvalue weighted by Gasteiger charge is 2.16. The summed E-state index contributed by atoms with van der Waals surface area (Å²) in [7, 11) is 0. The standard InChI is InChI=1S/C18H13N3O4/c1-11-6-15(19-9-12-2-4-13(5-3-12)21(22)23)14-7-17-18(25-10-24-17)8-16(14)20-11/h2-9H,10H2,1H3. The van der Waals surface area contributed by atoms with Crippen molar-refractivity contribution < 1.29 is 14.4 Å². The first-order valence-electron chi connectivity index (χ1n) is 7.60. The number of aryl methyl sites for hydroxylation is 1. The van der Waals surface area contributed by atoms with E-state index in [2.05, 4.69) is 9.98 Å². The lowest BCUT2D eigenvalue weighted by Crippen LogP contribution is -1.92. The number of benzene rings is 2. The van der Waals surface area contributed by atoms with Gasteiger partial charge in [-0.3, -0.25) is 20.1 Å². The Balaban J connectivity index is 1.74. The average Bonchev–Trinajstić information content (AvgIpc) is 3.05. The second kappa shape index (κ2) is 5.86. The number of nitro benzene ring substituents is 1. The van der Waals surface area contributed by atoms with Crippen LogP contribution in [0.25, 0.3) is 10.9 Å². The molecular formula is C18H13N3O4. The SMILES string of the molecule is Cc1cc(N=Cc2ccc([N+](=O)[O-])cc2)c2cc3c(cc2n1)OCO3. The van der Waals surface area contributed by atoms with Gasteiger partial charge in [0.1, 0.15) is 0 Å². The Labute approximate surface area is 142 Å². The molecule has 0 fully saturated rings. The molecule has 2 aromatic carbocycles. The van der Waals surface area contributed by atoms with Crippen LogP contribution in [0, 0.1) is 17.0 Å². The largest absolute Gasteiger partial charge is 0.454 e. The number of rotatable bonds is 3. The summed E-state index contributed by atoms with van der Waals surface area (Å²) in [6.45, 7) is 2.10. The van der Waals surface area contributed by atoms with Crippen molar-refractivity contribution in [2.45, 2.75) is 6.92 Å². The highest BCUT2D eigenvalue weighted by atomic mass is 16.7. The van der Waals surface area contributed by atoms with E-state index in [4.69, 9.17) is 9.47 Å². The van der Waals surface area contributed by atoms with Crippen LogP contribution in [0.5, 0.6) is 11.5 Å². The van der Waals surface area contributed by atoms with Crippen LogP contribution in [0.1, 0.15) is 11.3 Å². The van der Waals surface area contributed by atoms with Gasteiger partial charge in [-0.1, -0.05) is 0 Å². The molecule has 0 unspecified atom stereocenters. The molecule has 124 valence electrons. The van der Waals surface area contributed by atoms with Gasteiger partial charge in [-0.05, 0) is 36.8 Å². The molecule has 2 heterocycles. The molecule has 7 heteroatoms. The quantitative estimate of drug-likeness (QED) is 0.411. The maximum Gasteiger partial charge on any atom is 0.269 e. The van der Waals surface area contributed by atoms with Gasteiger partial charge in [0.2, 0.25) is 6.79 Å². The third-order valence-electron chi connectivity index (χ3n) is 3.87. The Kier molecular flexibility index (Phi) is 3.53. The highest BCUT2D eigenvalue weighted by Crippen LogP contribution is 2.38. The van der Waals surface area contributed by atoms with Gasteiger partial charge in [-0.2, -0.15) is 0 Å². The van der Waals surface area contributed by atoms with Gasteiger partial charge in [0.25, 0.3) is 5.69 Å². The molecule has 1 aliphatic heterocycles. The molecular weight excluding hydrogens is 322 g/mol. The first-order chi connectivity index (χ1) is 12.1. The fourth-order valence-electron chi connectivity index (χ4n) is 2.66. The number of non-ortho nitro benzene ring substituents is 1. The van der Waals surface area contributed by atoms with Crippen LogP contribution < -0.4 is 9.47 Å². The molecule has 0 amide bonds. The summed E-state index contributed by atoms with van der Waals surface area (Å²) in [6.07, 6.45) is 1.67. The summed E-state index contributed by atoms with van der Waals surface area (Å²) < 4.78 is 10.8. The van der Waals surface area contributed by atoms with E-state index in [1.807, 2.05) is 25.1 Å². The second-order valence-electron chi connectivity index (χ2n) is 5.61. The lowest BCUT2D eigenvalue weighted by atomic mass is 10.1. The fourth-order valence-corrected chi connectivity index (χ4v) is 2.66. The molecule has 7 nitrogen and oxygen atoms in total. The number of aliphatic imine (C=N–C) groups is 1. The first kappa shape index (κ1) is 15.1. The smallest absolute Gasteiger partial charge is 0.269 e. The molecule has 0 radical (unpaired) electrons. The highest BCUT2D eigenvalue weighted by molar-refractivity contribution is 5.95. The number of fused-ring (bicyclic) bond motifs is 2. The number of nitrogens with zero attached hydrogens (tertiary/aromatic N) is 3. The third-order valence-corrected chi connectivity index (χ3v) is 3.87. The summed E-state index contributed by atoms with van der Waals surface area (Å²) in [6, 6.07) is 11.8. The molecule has 0 saturated heterocycles. The number of hydrogen-bond acceptors (Lipinski definition) is 6. The summed E-state index contributed by atoms with van der Waals surface area (Å²) in [5.41, 5.74) is 3.19. The Bertz CT molecular complexity index is 1010. The first-order valence-corrected chi connectivity index (χ1v) is 7.60. The van der Waals surface area contributed by atoms with Crippen molar-refractivity contribution in [1.29, 1.82) is 0 Å². The molecule has 0 aliphatic carbocycles. The monoisotopic (exact) mass is 335 g/mol. The van der Waals surface area contributed by atoms with E-state index < -0.39 is 4.92 Å². The van der Waals surface area contributed by atoms with Crippen molar-refractivity contribution in [3.05, 3.63) is 63.8 Å². The fraction of sp³-hybridized carbons (Fsp3) is 0.111. The van der Waals surface area contributed by atoms with Gasteiger partial charge in [0.15, 0.2) is 11.5 Å². The lowest BCUT2D eigenvalue weighted by molar-refractivity contribution is -0.384. The number of ether oxygens (including phenoxy) is 2. The predicted molar refractivity (Wildman–Crippen MR) is 93.0 cm³/mol. The van der Waals surface area contributed by atoms with Crippen molar-refractivity contribution in [1.82, 2.24) is 4.98 Å². The second-order valence-corrected chi connectivity index (χ2v) is 5.61. The van der Waals surface area contributed by atoms with Crippen LogP contribution in [-0.2, 0) is 0 Å². The van der Waals surface area contributed by atoms with E-state index in [1.165, 1.54) is 12.1 Å². The minimum absolute atomic E-state index is 0.0510. The Morgan fingerprint density at radius 2 is 1.88 bits per heavy atom. The van der Waals surface area contributed by atoms with Crippen molar-refractivity contribution in [3.8, 4) is 11.5 Å². The van der Waals surface area contributed by atoms with Crippen molar-refractivity contribution in [2.75, 3.05) is 6.79 Å². The van der Waals surface area contributed by atoms with Gasteiger partial charge >= 0.3 is 0 Å². The Morgan fingerprint density at radius 1 is 1.16 bits per heavy atom. The van der Waals surface area contributed by atoms with Crippen LogP contribution in [-0.4, -0.2) is 22.9 Å². The summed E-state index contributed by atoms with van der Waals surface area (Å²) in [5.74, 6) is 1.35. The molecule has 1 aromatic heterocycles. The molecule has 0 saturated carbocycles. The minimum atomic E-state index is -0.427. The number of nitro groups is 1. The predicted octanol–water partition coefficient (Wildman–Crippen LogP) is 3.93. The summed E-state index contributed by atoms with van der Waals surface area (Å²) >= 11 is 0. The molecule has 0 bridgehead atoms. The van der Waals surface area contributed by atoms with E-state index in [0.717, 1.165) is 27.8 Å². The molecule has 0 N–H and O–H groups in total. The molecule has 25 heavy (non-hydrogen) atoms. The van der Waals surface area contributed by atoms with Crippen molar-refractivity contribution in [3.63, 3.8) is 0 Å². The zero-order valence-corrected chi connectivity index (χ0v) is 13.3. The van der Waals surface area contributed by atoms with Crippen LogP contribution >= 0.6 is 0 Å². The molecule has 3 aromatic rings. The van der Waals surface area contributed by atoms with Gasteiger partial charge < -0.3 is 9.47 Å². The third kappa shape index (κ3) is 2.87. The van der Waals surface area contributed by atoms with Gasteiger partial charge in [0.05, 0.1) is 16.1 Å². The zero-order valence-electron chi connectivity index (χ0n) is 13.3. The lowest BCUT2D eigenvalue weighted by Gasteiger charge is -2.05. The van der Waals surface area contributed by atoms with Crippen molar-refractivity contribution in [2.24, 2.45) is 4.99 Å². The molecule has 4 rings (SSSR count). The van der Waals surface area contributed by atoms with E-state index >= 15 is 0 Å². The topological polar surface area (TPSA) is 86.9 Å². The van der Waals surface area contributed by atoms with Gasteiger partial charge in [-0.15, -0.1) is 0 Å². The van der Waals surface area contributed by atoms with E-state index in [-0.39, 0.29) is 12.5 Å². The molecule has 1 aliphatic rings. The maximum atomic E-state index is 10.7. The number of aromatic nitrogens is 1. The molecule has 0 atom stereocenters. The maximum absolute atomic E-state index is 10.7. The summed E-state index contributed by atoms with van der Waals surface area (Å²) in [4.78, 5) is 19.3. The normalized spacial score (nSPS) is 12.8. The average molecular weight is 335 g/mol. The van der Waals surface area contributed by atoms with Crippen LogP contribution in [0.2, 0.25) is 0 Å². The summed E-state index contributed by atoms with van der Waals surface area (Å²) in [5, 5.41) is 11.6. The van der Waals surface area contributed by atoms with Crippen LogP contribution in [0.15, 0.2) is 47.5 Å². The van der Waals surface area contributed by atoms with E-state index in [0.29, 0.717) is 11.5 Å². The Morgan fingerprint density at radius 3 is 2.60 bits per heavy atom. The minimum Gasteiger partial charge on any atom is -0.454 e. The van der Waals surface area contributed by atoms with E-state index in [9.17, 15) is 10.1 Å². The number of pyridine rings is 1. The van der Waals surface area contributed by atoms with Crippen molar-refractivity contribution >= 4 is 28.5 Å². The zero-order chi connectivity index (χ0) is 17.4. The van der Waals surface area contributed by atoms with Gasteiger partial charge in [-0.25, -0.2) is 0 Å². The van der Waals surface area contributed by atoms with Crippen LogP contribution in [0.3, 0.4) is 0 Å².